The van der Waals surface area contributed by atoms with Crippen molar-refractivity contribution in [3.8, 4) is 17.2 Å². The second kappa shape index (κ2) is 11.6. The SMILES string of the molecule is O=C(NN=Cc1cccc(OC(=O)c2ccco2)c1)C(=Cc1ccc2c(c1)OCO2)NC(=O)c1ccccc1. The summed E-state index contributed by atoms with van der Waals surface area (Å²) in [6, 6.07) is 23.3. The number of nitrogens with zero attached hydrogens (tertiary/aromatic N) is 1. The minimum Gasteiger partial charge on any atom is -0.457 e. The molecule has 5 rings (SSSR count). The highest BCUT2D eigenvalue weighted by molar-refractivity contribution is 6.05. The Morgan fingerprint density at radius 1 is 0.846 bits per heavy atom. The lowest BCUT2D eigenvalue weighted by Gasteiger charge is -2.09. The summed E-state index contributed by atoms with van der Waals surface area (Å²) in [7, 11) is 0. The molecule has 0 unspecified atom stereocenters. The molecule has 2 heterocycles. The van der Waals surface area contributed by atoms with Gasteiger partial charge in [0.25, 0.3) is 11.8 Å². The lowest BCUT2D eigenvalue weighted by molar-refractivity contribution is -0.117. The van der Waals surface area contributed by atoms with Crippen LogP contribution in [0.3, 0.4) is 0 Å². The molecule has 3 aromatic carbocycles. The van der Waals surface area contributed by atoms with Crippen LogP contribution in [0.2, 0.25) is 0 Å². The first-order chi connectivity index (χ1) is 19.0. The molecule has 2 N–H and O–H groups in total. The molecule has 0 aliphatic carbocycles. The van der Waals surface area contributed by atoms with Gasteiger partial charge in [0.2, 0.25) is 12.6 Å². The van der Waals surface area contributed by atoms with Gasteiger partial charge in [0, 0.05) is 5.56 Å². The number of rotatable bonds is 8. The van der Waals surface area contributed by atoms with Crippen LogP contribution < -0.4 is 25.0 Å². The summed E-state index contributed by atoms with van der Waals surface area (Å²) in [5.41, 5.74) is 3.91. The van der Waals surface area contributed by atoms with E-state index in [2.05, 4.69) is 15.8 Å². The maximum Gasteiger partial charge on any atom is 0.379 e. The molecule has 1 aromatic heterocycles. The first kappa shape index (κ1) is 25.0. The van der Waals surface area contributed by atoms with Gasteiger partial charge in [-0.1, -0.05) is 36.4 Å². The number of hydrogen-bond donors (Lipinski definition) is 2. The fourth-order valence-corrected chi connectivity index (χ4v) is 3.55. The number of ether oxygens (including phenoxy) is 3. The van der Waals surface area contributed by atoms with Crippen molar-refractivity contribution in [2.24, 2.45) is 5.10 Å². The van der Waals surface area contributed by atoms with Gasteiger partial charge in [-0.05, 0) is 65.7 Å². The highest BCUT2D eigenvalue weighted by Crippen LogP contribution is 2.33. The van der Waals surface area contributed by atoms with Crippen molar-refractivity contribution in [2.45, 2.75) is 0 Å². The maximum absolute atomic E-state index is 13.0. The van der Waals surface area contributed by atoms with E-state index < -0.39 is 17.8 Å². The molecule has 0 spiro atoms. The van der Waals surface area contributed by atoms with Gasteiger partial charge in [0.1, 0.15) is 11.4 Å². The third kappa shape index (κ3) is 6.38. The van der Waals surface area contributed by atoms with Crippen LogP contribution in [0.15, 0.2) is 106 Å². The van der Waals surface area contributed by atoms with E-state index in [1.54, 1.807) is 78.9 Å². The molecule has 0 bridgehead atoms. The largest absolute Gasteiger partial charge is 0.457 e. The molecule has 0 saturated heterocycles. The van der Waals surface area contributed by atoms with Gasteiger partial charge < -0.3 is 23.9 Å². The summed E-state index contributed by atoms with van der Waals surface area (Å²) in [6.45, 7) is 0.110. The molecule has 2 amide bonds. The molecule has 194 valence electrons. The van der Waals surface area contributed by atoms with Crippen LogP contribution >= 0.6 is 0 Å². The Bertz CT molecular complexity index is 1560. The van der Waals surface area contributed by atoms with E-state index in [0.717, 1.165) is 0 Å². The van der Waals surface area contributed by atoms with Gasteiger partial charge in [0.05, 0.1) is 12.5 Å². The van der Waals surface area contributed by atoms with Gasteiger partial charge in [-0.15, -0.1) is 0 Å². The third-order valence-corrected chi connectivity index (χ3v) is 5.41. The summed E-state index contributed by atoms with van der Waals surface area (Å²) >= 11 is 0. The minimum absolute atomic E-state index is 0.0407. The number of furan rings is 1. The molecule has 4 aromatic rings. The second-order valence-electron chi connectivity index (χ2n) is 8.13. The summed E-state index contributed by atoms with van der Waals surface area (Å²) in [6.07, 6.45) is 4.25. The molecule has 39 heavy (non-hydrogen) atoms. The quantitative estimate of drug-likeness (QED) is 0.117. The fourth-order valence-electron chi connectivity index (χ4n) is 3.55. The monoisotopic (exact) mass is 523 g/mol. The van der Waals surface area contributed by atoms with E-state index in [4.69, 9.17) is 18.6 Å². The van der Waals surface area contributed by atoms with Gasteiger partial charge in [-0.25, -0.2) is 10.2 Å². The van der Waals surface area contributed by atoms with Crippen molar-refractivity contribution in [1.82, 2.24) is 10.7 Å². The number of benzene rings is 3. The molecule has 10 heteroatoms. The number of fused-ring (bicyclic) bond motifs is 1. The van der Waals surface area contributed by atoms with Gasteiger partial charge >= 0.3 is 5.97 Å². The fraction of sp³-hybridized carbons (Fsp3) is 0.0345. The van der Waals surface area contributed by atoms with Crippen molar-refractivity contribution in [3.05, 3.63) is 119 Å². The predicted octanol–water partition coefficient (Wildman–Crippen LogP) is 4.15. The number of carbonyl (C=O) groups is 3. The van der Waals surface area contributed by atoms with Crippen molar-refractivity contribution in [1.29, 1.82) is 0 Å². The second-order valence-corrected chi connectivity index (χ2v) is 8.13. The van der Waals surface area contributed by atoms with Crippen LogP contribution in [0.5, 0.6) is 17.2 Å². The number of esters is 1. The molecule has 10 nitrogen and oxygen atoms in total. The molecule has 0 radical (unpaired) electrons. The topological polar surface area (TPSA) is 128 Å². The van der Waals surface area contributed by atoms with Crippen LogP contribution in [-0.2, 0) is 4.79 Å². The number of hydrazone groups is 1. The molecule has 0 atom stereocenters. The van der Waals surface area contributed by atoms with Gasteiger partial charge in [0.15, 0.2) is 11.5 Å². The Morgan fingerprint density at radius 2 is 1.69 bits per heavy atom. The Balaban J connectivity index is 1.30. The summed E-state index contributed by atoms with van der Waals surface area (Å²) in [4.78, 5) is 37.9. The van der Waals surface area contributed by atoms with Gasteiger partial charge in [-0.2, -0.15) is 5.10 Å². The smallest absolute Gasteiger partial charge is 0.379 e. The number of hydrogen-bond acceptors (Lipinski definition) is 8. The van der Waals surface area contributed by atoms with E-state index in [-0.39, 0.29) is 24.0 Å². The number of carbonyl (C=O) groups excluding carboxylic acids is 3. The zero-order valence-electron chi connectivity index (χ0n) is 20.3. The van der Waals surface area contributed by atoms with Crippen LogP contribution in [-0.4, -0.2) is 30.8 Å². The molecule has 1 aliphatic heterocycles. The Kier molecular flexibility index (Phi) is 7.45. The normalized spacial score (nSPS) is 12.3. The zero-order valence-corrected chi connectivity index (χ0v) is 20.3. The molecule has 1 aliphatic rings. The average molecular weight is 524 g/mol. The number of nitrogens with one attached hydrogen (secondary N) is 2. The van der Waals surface area contributed by atoms with Crippen LogP contribution in [0, 0.1) is 0 Å². The van der Waals surface area contributed by atoms with E-state index >= 15 is 0 Å². The molecule has 0 fully saturated rings. The van der Waals surface area contributed by atoms with E-state index in [9.17, 15) is 14.4 Å². The summed E-state index contributed by atoms with van der Waals surface area (Å²) in [5, 5.41) is 6.63. The van der Waals surface area contributed by atoms with E-state index in [1.165, 1.54) is 24.6 Å². The van der Waals surface area contributed by atoms with Crippen LogP contribution in [0.4, 0.5) is 0 Å². The first-order valence-electron chi connectivity index (χ1n) is 11.7. The summed E-state index contributed by atoms with van der Waals surface area (Å²) < 4.78 is 21.1. The minimum atomic E-state index is -0.659. The summed E-state index contributed by atoms with van der Waals surface area (Å²) in [5.74, 6) is -0.307. The Morgan fingerprint density at radius 3 is 2.51 bits per heavy atom. The van der Waals surface area contributed by atoms with Crippen molar-refractivity contribution >= 4 is 30.1 Å². The third-order valence-electron chi connectivity index (χ3n) is 5.41. The molecular weight excluding hydrogens is 502 g/mol. The number of amides is 2. The maximum atomic E-state index is 13.0. The van der Waals surface area contributed by atoms with E-state index in [0.29, 0.717) is 28.2 Å². The molecule has 0 saturated carbocycles. The van der Waals surface area contributed by atoms with Crippen molar-refractivity contribution < 1.29 is 33.0 Å². The van der Waals surface area contributed by atoms with E-state index in [1.807, 2.05) is 0 Å². The standard InChI is InChI=1S/C29H21N3O7/c33-27(21-7-2-1-3-8-21)31-23(15-19-11-12-24-26(16-19)38-18-37-24)28(34)32-30-17-20-6-4-9-22(14-20)39-29(35)25-10-5-13-36-25/h1-17H,18H2,(H,31,33)(H,32,34). The first-order valence-corrected chi connectivity index (χ1v) is 11.7. The van der Waals surface area contributed by atoms with Gasteiger partial charge in [-0.3, -0.25) is 9.59 Å². The zero-order chi connectivity index (χ0) is 27.0. The highest BCUT2D eigenvalue weighted by atomic mass is 16.7. The Labute approximate surface area is 222 Å². The van der Waals surface area contributed by atoms with Crippen molar-refractivity contribution in [2.75, 3.05) is 6.79 Å². The lowest BCUT2D eigenvalue weighted by atomic mass is 10.1. The van der Waals surface area contributed by atoms with Crippen LogP contribution in [0.25, 0.3) is 6.08 Å². The predicted molar refractivity (Wildman–Crippen MR) is 140 cm³/mol. The Hall–Kier alpha value is -5.64. The van der Waals surface area contributed by atoms with Crippen molar-refractivity contribution in [3.63, 3.8) is 0 Å². The highest BCUT2D eigenvalue weighted by Gasteiger charge is 2.17. The average Bonchev–Trinajstić information content (AvgIpc) is 3.66. The lowest BCUT2D eigenvalue weighted by Crippen LogP contribution is -2.32. The van der Waals surface area contributed by atoms with Crippen LogP contribution in [0.1, 0.15) is 32.0 Å². The molecular formula is C29H21N3O7.